The molecule has 1 aromatic carbocycles. The van der Waals surface area contributed by atoms with Gasteiger partial charge in [-0.25, -0.2) is 0 Å². The fraction of sp³-hybridized carbons (Fsp3) is 0.775. The second kappa shape index (κ2) is 23.0. The van der Waals surface area contributed by atoms with Gasteiger partial charge in [0.05, 0.1) is 0 Å². The van der Waals surface area contributed by atoms with E-state index in [9.17, 15) is 14.4 Å². The van der Waals surface area contributed by atoms with E-state index < -0.39 is 28.6 Å². The molecule has 0 spiro atoms. The number of ether oxygens (including phenoxy) is 3. The van der Waals surface area contributed by atoms with Gasteiger partial charge in [-0.3, -0.25) is 14.4 Å². The fourth-order valence-corrected chi connectivity index (χ4v) is 5.67. The first-order chi connectivity index (χ1) is 21.8. The Morgan fingerprint density at radius 2 is 0.935 bits per heavy atom. The zero-order valence-corrected chi connectivity index (χ0v) is 30.7. The van der Waals surface area contributed by atoms with E-state index in [4.69, 9.17) is 14.2 Å². The molecule has 0 N–H and O–H groups in total. The quantitative estimate of drug-likeness (QED) is 0.0456. The minimum absolute atomic E-state index is 0.135. The highest BCUT2D eigenvalue weighted by atomic mass is 16.6. The third-order valence-electron chi connectivity index (χ3n) is 8.26. The lowest BCUT2D eigenvalue weighted by Gasteiger charge is -2.35. The van der Waals surface area contributed by atoms with Gasteiger partial charge >= 0.3 is 17.9 Å². The van der Waals surface area contributed by atoms with Gasteiger partial charge in [0, 0.05) is 6.42 Å². The predicted octanol–water partition coefficient (Wildman–Crippen LogP) is 11.2. The third kappa shape index (κ3) is 20.0. The van der Waals surface area contributed by atoms with Crippen LogP contribution in [0, 0.1) is 5.41 Å². The molecule has 0 saturated heterocycles. The smallest absolute Gasteiger partial charge is 0.324 e. The first kappa shape index (κ1) is 41.7. The summed E-state index contributed by atoms with van der Waals surface area (Å²) in [5.74, 6) is -1.00. The molecule has 0 bridgehead atoms. The van der Waals surface area contributed by atoms with Crippen molar-refractivity contribution in [2.75, 3.05) is 0 Å². The van der Waals surface area contributed by atoms with E-state index in [2.05, 4.69) is 6.92 Å². The van der Waals surface area contributed by atoms with Crippen LogP contribution in [0.15, 0.2) is 30.3 Å². The van der Waals surface area contributed by atoms with Gasteiger partial charge in [0.15, 0.2) is 5.41 Å². The van der Waals surface area contributed by atoms with Gasteiger partial charge in [-0.2, -0.15) is 0 Å². The summed E-state index contributed by atoms with van der Waals surface area (Å²) in [6.07, 6.45) is 19.9. The topological polar surface area (TPSA) is 78.9 Å². The average Bonchev–Trinajstić information content (AvgIpc) is 2.97. The first-order valence-corrected chi connectivity index (χ1v) is 18.5. The minimum Gasteiger partial charge on any atom is -0.461 e. The standard InChI is InChI=1S/C40H68O6/c1-8-9-10-11-12-14-17-20-26-31-40(36(42)45-38(2,3)4,37(43)46-39(5,6)7)32-27-21-18-15-13-16-19-25-30-35(41)44-33-34-28-23-22-24-29-34/h22-24,28-29H,8-21,25-27,30-33H2,1-7H3. The zero-order valence-electron chi connectivity index (χ0n) is 30.7. The molecule has 0 atom stereocenters. The molecule has 0 aliphatic carbocycles. The number of esters is 3. The van der Waals surface area contributed by atoms with Crippen LogP contribution in [0.4, 0.5) is 0 Å². The van der Waals surface area contributed by atoms with Crippen LogP contribution >= 0.6 is 0 Å². The lowest BCUT2D eigenvalue weighted by atomic mass is 9.77. The van der Waals surface area contributed by atoms with Crippen molar-refractivity contribution in [3.05, 3.63) is 35.9 Å². The first-order valence-electron chi connectivity index (χ1n) is 18.5. The van der Waals surface area contributed by atoms with Crippen LogP contribution in [0.25, 0.3) is 0 Å². The molecule has 1 rings (SSSR count). The van der Waals surface area contributed by atoms with Gasteiger partial charge < -0.3 is 14.2 Å². The second-order valence-electron chi connectivity index (χ2n) is 15.1. The minimum atomic E-state index is -1.27. The van der Waals surface area contributed by atoms with Crippen molar-refractivity contribution in [1.29, 1.82) is 0 Å². The van der Waals surface area contributed by atoms with Crippen LogP contribution in [0.2, 0.25) is 0 Å². The maximum Gasteiger partial charge on any atom is 0.324 e. The molecular formula is C40H68O6. The van der Waals surface area contributed by atoms with E-state index in [1.165, 1.54) is 38.5 Å². The van der Waals surface area contributed by atoms with Gasteiger partial charge in [-0.1, -0.05) is 140 Å². The molecule has 0 aliphatic heterocycles. The van der Waals surface area contributed by atoms with E-state index >= 15 is 0 Å². The van der Waals surface area contributed by atoms with E-state index in [-0.39, 0.29) is 5.97 Å². The molecule has 0 amide bonds. The molecule has 0 heterocycles. The van der Waals surface area contributed by atoms with E-state index in [0.29, 0.717) is 25.9 Å². The summed E-state index contributed by atoms with van der Waals surface area (Å²) in [6.45, 7) is 13.7. The van der Waals surface area contributed by atoms with Gasteiger partial charge in [0.2, 0.25) is 0 Å². The van der Waals surface area contributed by atoms with Crippen molar-refractivity contribution in [3.8, 4) is 0 Å². The van der Waals surface area contributed by atoms with E-state index in [1.807, 2.05) is 71.9 Å². The van der Waals surface area contributed by atoms with Crippen LogP contribution < -0.4 is 0 Å². The highest BCUT2D eigenvalue weighted by molar-refractivity contribution is 6.00. The largest absolute Gasteiger partial charge is 0.461 e. The molecule has 1 aromatic rings. The number of carbonyl (C=O) groups is 3. The molecule has 6 nitrogen and oxygen atoms in total. The summed E-state index contributed by atoms with van der Waals surface area (Å²) in [5, 5.41) is 0. The van der Waals surface area contributed by atoms with Crippen LogP contribution in [0.3, 0.4) is 0 Å². The van der Waals surface area contributed by atoms with Gasteiger partial charge in [-0.05, 0) is 66.4 Å². The molecular weight excluding hydrogens is 576 g/mol. The third-order valence-corrected chi connectivity index (χ3v) is 8.26. The van der Waals surface area contributed by atoms with Crippen LogP contribution in [0.1, 0.15) is 182 Å². The second-order valence-corrected chi connectivity index (χ2v) is 15.1. The van der Waals surface area contributed by atoms with Crippen molar-refractivity contribution in [2.45, 2.75) is 195 Å². The highest BCUT2D eigenvalue weighted by Crippen LogP contribution is 2.38. The van der Waals surface area contributed by atoms with Gasteiger partial charge in [-0.15, -0.1) is 0 Å². The Morgan fingerprint density at radius 3 is 1.35 bits per heavy atom. The molecule has 46 heavy (non-hydrogen) atoms. The number of hydrogen-bond donors (Lipinski definition) is 0. The Hall–Kier alpha value is -2.37. The zero-order chi connectivity index (χ0) is 34.3. The monoisotopic (exact) mass is 645 g/mol. The van der Waals surface area contributed by atoms with Crippen LogP contribution in [-0.2, 0) is 35.2 Å². The van der Waals surface area contributed by atoms with Crippen molar-refractivity contribution < 1.29 is 28.6 Å². The van der Waals surface area contributed by atoms with Crippen LogP contribution in [0.5, 0.6) is 0 Å². The number of unbranched alkanes of at least 4 members (excludes halogenated alkanes) is 15. The van der Waals surface area contributed by atoms with Crippen molar-refractivity contribution >= 4 is 17.9 Å². The summed E-state index contributed by atoms with van der Waals surface area (Å²) < 4.78 is 17.1. The summed E-state index contributed by atoms with van der Waals surface area (Å²) in [4.78, 5) is 39.5. The van der Waals surface area contributed by atoms with Crippen molar-refractivity contribution in [1.82, 2.24) is 0 Å². The molecule has 0 aromatic heterocycles. The molecule has 0 unspecified atom stereocenters. The Kier molecular flexibility index (Phi) is 20.9. The SMILES string of the molecule is CCCCCCCCCCCC(CCCCCCCCCCC(=O)OCc1ccccc1)(C(=O)OC(C)(C)C)C(=O)OC(C)(C)C. The predicted molar refractivity (Wildman–Crippen MR) is 188 cm³/mol. The maximum absolute atomic E-state index is 13.7. The molecule has 6 heteroatoms. The van der Waals surface area contributed by atoms with E-state index in [0.717, 1.165) is 76.2 Å². The molecule has 264 valence electrons. The summed E-state index contributed by atoms with van der Waals surface area (Å²) in [7, 11) is 0. The molecule has 0 fully saturated rings. The maximum atomic E-state index is 13.7. The Labute approximate surface area is 282 Å². The summed E-state index contributed by atoms with van der Waals surface area (Å²) >= 11 is 0. The van der Waals surface area contributed by atoms with Gasteiger partial charge in [0.25, 0.3) is 0 Å². The Morgan fingerprint density at radius 1 is 0.543 bits per heavy atom. The molecule has 0 radical (unpaired) electrons. The average molecular weight is 645 g/mol. The van der Waals surface area contributed by atoms with Crippen LogP contribution in [-0.4, -0.2) is 29.1 Å². The number of benzene rings is 1. The molecule has 0 aliphatic rings. The summed E-state index contributed by atoms with van der Waals surface area (Å²) in [5.41, 5.74) is -1.62. The lowest BCUT2D eigenvalue weighted by Crippen LogP contribution is -2.46. The van der Waals surface area contributed by atoms with Crippen molar-refractivity contribution in [3.63, 3.8) is 0 Å². The highest BCUT2D eigenvalue weighted by Gasteiger charge is 2.50. The Balaban J connectivity index is 2.55. The number of hydrogen-bond acceptors (Lipinski definition) is 6. The fourth-order valence-electron chi connectivity index (χ4n) is 5.67. The number of rotatable bonds is 25. The van der Waals surface area contributed by atoms with Gasteiger partial charge in [0.1, 0.15) is 17.8 Å². The summed E-state index contributed by atoms with van der Waals surface area (Å²) in [6, 6.07) is 9.76. The van der Waals surface area contributed by atoms with Crippen molar-refractivity contribution in [2.24, 2.45) is 5.41 Å². The Bertz CT molecular complexity index is 928. The normalized spacial score (nSPS) is 12.2. The number of carbonyl (C=O) groups excluding carboxylic acids is 3. The van der Waals surface area contributed by atoms with E-state index in [1.54, 1.807) is 0 Å². The molecule has 0 saturated carbocycles. The lowest BCUT2D eigenvalue weighted by molar-refractivity contribution is -0.187.